The largest absolute Gasteiger partial charge is 0.337 e. The van der Waals surface area contributed by atoms with Crippen LogP contribution in [-0.2, 0) is 12.0 Å². The molecule has 2 fully saturated rings. The van der Waals surface area contributed by atoms with Crippen LogP contribution in [0.15, 0.2) is 41.9 Å². The summed E-state index contributed by atoms with van der Waals surface area (Å²) in [7, 11) is 0. The third-order valence-corrected chi connectivity index (χ3v) is 7.67. The first-order valence-corrected chi connectivity index (χ1v) is 11.4. The van der Waals surface area contributed by atoms with Crippen LogP contribution in [0.4, 0.5) is 0 Å². The molecule has 1 saturated carbocycles. The molecule has 3 aromatic rings. The highest BCUT2D eigenvalue weighted by molar-refractivity contribution is 7.15. The minimum atomic E-state index is 0.0831. The van der Waals surface area contributed by atoms with Gasteiger partial charge in [0, 0.05) is 43.2 Å². The van der Waals surface area contributed by atoms with Gasteiger partial charge >= 0.3 is 0 Å². The molecule has 5 nitrogen and oxygen atoms in total. The number of likely N-dealkylation sites (tertiary alicyclic amines) is 1. The molecule has 6 heteroatoms. The second-order valence-electron chi connectivity index (χ2n) is 9.07. The molecular formula is C23H28N4OS. The molecular weight excluding hydrogens is 380 g/mol. The van der Waals surface area contributed by atoms with E-state index in [0.29, 0.717) is 12.2 Å². The molecule has 5 rings (SSSR count). The van der Waals surface area contributed by atoms with Gasteiger partial charge in [-0.15, -0.1) is 11.3 Å². The molecule has 1 amide bonds. The molecule has 1 saturated heterocycles. The van der Waals surface area contributed by atoms with Gasteiger partial charge in [-0.25, -0.2) is 4.98 Å². The van der Waals surface area contributed by atoms with Crippen molar-refractivity contribution in [3.05, 3.63) is 58.9 Å². The minimum absolute atomic E-state index is 0.0831. The molecule has 1 atom stereocenters. The van der Waals surface area contributed by atoms with Crippen LogP contribution in [0.25, 0.3) is 4.96 Å². The van der Waals surface area contributed by atoms with Gasteiger partial charge in [-0.3, -0.25) is 9.20 Å². The van der Waals surface area contributed by atoms with Crippen molar-refractivity contribution in [1.29, 1.82) is 0 Å². The summed E-state index contributed by atoms with van der Waals surface area (Å²) in [5.74, 6) is 0.0831. The standard InChI is InChI=1S/C23H28N4OS/c1-22(2)15-23(22,17-8-4-3-5-9-17)16-24-14-18-19(20(28)26-10-6-7-11-26)25-21-27(18)12-13-29-21/h3-5,8-9,12-13,24H,6-7,10-11,14-16H2,1-2H3/t23-/m0/s1. The zero-order chi connectivity index (χ0) is 20.1. The van der Waals surface area contributed by atoms with Crippen molar-refractivity contribution in [2.75, 3.05) is 19.6 Å². The van der Waals surface area contributed by atoms with Crippen molar-refractivity contribution in [3.8, 4) is 0 Å². The molecule has 29 heavy (non-hydrogen) atoms. The number of fused-ring (bicyclic) bond motifs is 1. The Hall–Kier alpha value is -2.18. The van der Waals surface area contributed by atoms with Gasteiger partial charge < -0.3 is 10.2 Å². The average molecular weight is 409 g/mol. The monoisotopic (exact) mass is 408 g/mol. The first kappa shape index (κ1) is 18.8. The SMILES string of the molecule is CC1(C)C[C@]1(CNCc1c(C(=O)N2CCCC2)nc2sccn12)c1ccccc1. The maximum Gasteiger partial charge on any atom is 0.274 e. The maximum atomic E-state index is 13.1. The van der Waals surface area contributed by atoms with Crippen molar-refractivity contribution < 1.29 is 4.79 Å². The van der Waals surface area contributed by atoms with Gasteiger partial charge in [0.1, 0.15) is 0 Å². The second-order valence-corrected chi connectivity index (χ2v) is 9.95. The molecule has 1 aliphatic heterocycles. The number of carbonyl (C=O) groups excluding carboxylic acids is 1. The predicted octanol–water partition coefficient (Wildman–Crippen LogP) is 4.09. The van der Waals surface area contributed by atoms with E-state index < -0.39 is 0 Å². The molecule has 1 aliphatic carbocycles. The van der Waals surface area contributed by atoms with E-state index in [1.54, 1.807) is 11.3 Å². The van der Waals surface area contributed by atoms with Crippen molar-refractivity contribution in [2.45, 2.75) is 45.1 Å². The molecule has 0 unspecified atom stereocenters. The number of nitrogens with one attached hydrogen (secondary N) is 1. The van der Waals surface area contributed by atoms with E-state index in [-0.39, 0.29) is 16.7 Å². The molecule has 1 N–H and O–H groups in total. The quantitative estimate of drug-likeness (QED) is 0.668. The van der Waals surface area contributed by atoms with Gasteiger partial charge in [-0.1, -0.05) is 44.2 Å². The fraction of sp³-hybridized carbons (Fsp3) is 0.478. The topological polar surface area (TPSA) is 49.6 Å². The fourth-order valence-corrected chi connectivity index (χ4v) is 5.73. The number of amides is 1. The summed E-state index contributed by atoms with van der Waals surface area (Å²) in [6.07, 6.45) is 5.39. The second kappa shape index (κ2) is 6.96. The molecule has 3 heterocycles. The molecule has 0 spiro atoms. The number of carbonyl (C=O) groups is 1. The first-order valence-electron chi connectivity index (χ1n) is 10.5. The molecule has 152 valence electrons. The summed E-state index contributed by atoms with van der Waals surface area (Å²) >= 11 is 1.58. The Morgan fingerprint density at radius 1 is 1.21 bits per heavy atom. The predicted molar refractivity (Wildman–Crippen MR) is 116 cm³/mol. The number of thiazole rings is 1. The van der Waals surface area contributed by atoms with Gasteiger partial charge in [-0.2, -0.15) is 0 Å². The maximum absolute atomic E-state index is 13.1. The van der Waals surface area contributed by atoms with Gasteiger partial charge in [0.2, 0.25) is 0 Å². The van der Waals surface area contributed by atoms with Crippen LogP contribution in [0.2, 0.25) is 0 Å². The van der Waals surface area contributed by atoms with Crippen LogP contribution in [0, 0.1) is 5.41 Å². The van der Waals surface area contributed by atoms with Gasteiger partial charge in [0.15, 0.2) is 10.7 Å². The van der Waals surface area contributed by atoms with Crippen molar-refractivity contribution >= 4 is 22.2 Å². The third kappa shape index (κ3) is 3.09. The normalized spacial score (nSPS) is 23.0. The Labute approximate surface area is 175 Å². The lowest BCUT2D eigenvalue weighted by atomic mass is 9.88. The van der Waals surface area contributed by atoms with Crippen LogP contribution < -0.4 is 5.32 Å². The highest BCUT2D eigenvalue weighted by Crippen LogP contribution is 2.63. The lowest BCUT2D eigenvalue weighted by molar-refractivity contribution is 0.0786. The van der Waals surface area contributed by atoms with E-state index in [4.69, 9.17) is 0 Å². The molecule has 0 bridgehead atoms. The highest BCUT2D eigenvalue weighted by Gasteiger charge is 2.61. The van der Waals surface area contributed by atoms with Crippen molar-refractivity contribution in [2.24, 2.45) is 5.41 Å². The number of aromatic nitrogens is 2. The molecule has 2 aliphatic rings. The molecule has 2 aromatic heterocycles. The van der Waals surface area contributed by atoms with Crippen LogP contribution in [0.3, 0.4) is 0 Å². The van der Waals surface area contributed by atoms with E-state index in [9.17, 15) is 4.79 Å². The summed E-state index contributed by atoms with van der Waals surface area (Å²) in [5.41, 5.74) is 3.45. The number of hydrogen-bond donors (Lipinski definition) is 1. The summed E-state index contributed by atoms with van der Waals surface area (Å²) in [5, 5.41) is 5.72. The summed E-state index contributed by atoms with van der Waals surface area (Å²) in [6, 6.07) is 10.8. The van der Waals surface area contributed by atoms with E-state index in [2.05, 4.69) is 58.9 Å². The Balaban J connectivity index is 1.37. The Morgan fingerprint density at radius 2 is 1.93 bits per heavy atom. The number of benzene rings is 1. The zero-order valence-corrected chi connectivity index (χ0v) is 18.0. The van der Waals surface area contributed by atoms with Gasteiger partial charge in [-0.05, 0) is 30.2 Å². The van der Waals surface area contributed by atoms with Crippen LogP contribution >= 0.6 is 11.3 Å². The van der Waals surface area contributed by atoms with Crippen LogP contribution in [0.5, 0.6) is 0 Å². The Kier molecular flexibility index (Phi) is 4.51. The minimum Gasteiger partial charge on any atom is -0.337 e. The summed E-state index contributed by atoms with van der Waals surface area (Å²) in [6.45, 7) is 7.94. The lowest BCUT2D eigenvalue weighted by Gasteiger charge is -2.22. The smallest absolute Gasteiger partial charge is 0.274 e. The molecule has 0 radical (unpaired) electrons. The lowest BCUT2D eigenvalue weighted by Crippen LogP contribution is -2.32. The highest BCUT2D eigenvalue weighted by atomic mass is 32.1. The first-order chi connectivity index (χ1) is 14.0. The van der Waals surface area contributed by atoms with E-state index in [1.807, 2.05) is 16.5 Å². The zero-order valence-electron chi connectivity index (χ0n) is 17.1. The fourth-order valence-electron chi connectivity index (χ4n) is 5.00. The van der Waals surface area contributed by atoms with Gasteiger partial charge in [0.25, 0.3) is 5.91 Å². The summed E-state index contributed by atoms with van der Waals surface area (Å²) in [4.78, 5) is 20.6. The summed E-state index contributed by atoms with van der Waals surface area (Å²) < 4.78 is 2.08. The number of rotatable bonds is 6. The Bertz CT molecular complexity index is 1030. The van der Waals surface area contributed by atoms with Crippen LogP contribution in [0.1, 0.15) is 54.9 Å². The number of nitrogens with zero attached hydrogens (tertiary/aromatic N) is 3. The van der Waals surface area contributed by atoms with Crippen molar-refractivity contribution in [3.63, 3.8) is 0 Å². The van der Waals surface area contributed by atoms with E-state index in [0.717, 1.165) is 43.1 Å². The number of imidazole rings is 1. The third-order valence-electron chi connectivity index (χ3n) is 6.92. The van der Waals surface area contributed by atoms with E-state index >= 15 is 0 Å². The van der Waals surface area contributed by atoms with Crippen molar-refractivity contribution in [1.82, 2.24) is 19.6 Å². The number of hydrogen-bond acceptors (Lipinski definition) is 4. The van der Waals surface area contributed by atoms with Crippen LogP contribution in [-0.4, -0.2) is 39.8 Å². The van der Waals surface area contributed by atoms with E-state index in [1.165, 1.54) is 12.0 Å². The Morgan fingerprint density at radius 3 is 2.62 bits per heavy atom. The average Bonchev–Trinajstić information content (AvgIpc) is 3.25. The van der Waals surface area contributed by atoms with Gasteiger partial charge in [0.05, 0.1) is 5.69 Å². The molecule has 1 aromatic carbocycles.